The first-order valence-corrected chi connectivity index (χ1v) is 9.19. The number of halogens is 1. The van der Waals surface area contributed by atoms with E-state index in [9.17, 15) is 9.18 Å². The lowest BCUT2D eigenvalue weighted by Crippen LogP contribution is -2.35. The molecule has 1 aliphatic heterocycles. The molecule has 5 rings (SSSR count). The molecular weight excluding hydrogens is 357 g/mol. The van der Waals surface area contributed by atoms with Crippen molar-refractivity contribution in [3.8, 4) is 11.5 Å². The number of aromatic nitrogens is 4. The summed E-state index contributed by atoms with van der Waals surface area (Å²) >= 11 is 0. The van der Waals surface area contributed by atoms with Crippen LogP contribution in [-0.4, -0.2) is 31.4 Å². The molecule has 0 saturated carbocycles. The highest BCUT2D eigenvalue weighted by atomic mass is 19.1. The molecule has 0 fully saturated rings. The van der Waals surface area contributed by atoms with E-state index in [0.717, 1.165) is 34.3 Å². The van der Waals surface area contributed by atoms with Gasteiger partial charge >= 0.3 is 0 Å². The molecule has 1 aliphatic rings. The van der Waals surface area contributed by atoms with Gasteiger partial charge in [0.25, 0.3) is 5.56 Å². The largest absolute Gasteiger partial charge is 0.361 e. The Labute approximate surface area is 160 Å². The molecule has 6 nitrogen and oxygen atoms in total. The number of hydrogen-bond acceptors (Lipinski definition) is 4. The number of pyridine rings is 1. The molecule has 0 spiro atoms. The van der Waals surface area contributed by atoms with Crippen LogP contribution in [0.15, 0.2) is 53.6 Å². The zero-order chi connectivity index (χ0) is 19.1. The molecule has 140 valence electrons. The minimum atomic E-state index is -0.252. The van der Waals surface area contributed by atoms with Crippen molar-refractivity contribution >= 4 is 10.9 Å². The summed E-state index contributed by atoms with van der Waals surface area (Å²) in [5, 5.41) is 1.01. The average molecular weight is 375 g/mol. The zero-order valence-electron chi connectivity index (χ0n) is 15.1. The van der Waals surface area contributed by atoms with Gasteiger partial charge in [0, 0.05) is 48.5 Å². The van der Waals surface area contributed by atoms with E-state index in [1.165, 1.54) is 12.1 Å². The Morgan fingerprint density at radius 2 is 2.14 bits per heavy atom. The molecule has 0 unspecified atom stereocenters. The Bertz CT molecular complexity index is 1210. The highest BCUT2D eigenvalue weighted by Crippen LogP contribution is 2.23. The molecule has 0 saturated heterocycles. The average Bonchev–Trinajstić information content (AvgIpc) is 3.10. The van der Waals surface area contributed by atoms with E-state index in [0.29, 0.717) is 31.0 Å². The quantitative estimate of drug-likeness (QED) is 0.577. The Hall–Kier alpha value is -3.32. The Morgan fingerprint density at radius 3 is 3.00 bits per heavy atom. The van der Waals surface area contributed by atoms with Gasteiger partial charge in [0.1, 0.15) is 11.5 Å². The molecule has 2 N–H and O–H groups in total. The van der Waals surface area contributed by atoms with Crippen molar-refractivity contribution in [2.24, 2.45) is 0 Å². The van der Waals surface area contributed by atoms with E-state index >= 15 is 0 Å². The standard InChI is InChI=1S/C21H18FN5O/c22-14-4-5-15-13(10-24-18(15)9-14)11-27-8-6-16-19(12-27)25-20(26-21(16)28)17-3-1-2-7-23-17/h1-5,7,9-10,24H,6,8,11-12H2,(H,25,26,28). The van der Waals surface area contributed by atoms with Crippen molar-refractivity contribution in [3.05, 3.63) is 81.8 Å². The molecule has 0 atom stereocenters. The lowest BCUT2D eigenvalue weighted by Gasteiger charge is -2.27. The molecular formula is C21H18FN5O. The van der Waals surface area contributed by atoms with Crippen LogP contribution in [0.25, 0.3) is 22.4 Å². The van der Waals surface area contributed by atoms with Crippen LogP contribution in [0.1, 0.15) is 16.8 Å². The third kappa shape index (κ3) is 2.99. The fourth-order valence-corrected chi connectivity index (χ4v) is 3.78. The first kappa shape index (κ1) is 16.8. The van der Waals surface area contributed by atoms with E-state index < -0.39 is 0 Å². The highest BCUT2D eigenvalue weighted by Gasteiger charge is 2.22. The minimum Gasteiger partial charge on any atom is -0.361 e. The number of H-pyrrole nitrogens is 2. The number of nitrogens with zero attached hydrogens (tertiary/aromatic N) is 3. The number of fused-ring (bicyclic) bond motifs is 2. The normalized spacial score (nSPS) is 14.3. The molecule has 0 aliphatic carbocycles. The number of benzene rings is 1. The lowest BCUT2D eigenvalue weighted by atomic mass is 10.1. The summed E-state index contributed by atoms with van der Waals surface area (Å²) in [5.41, 5.74) is 4.00. The molecule has 3 aromatic heterocycles. The number of nitrogens with one attached hydrogen (secondary N) is 2. The third-order valence-corrected chi connectivity index (χ3v) is 5.18. The second kappa shape index (κ2) is 6.69. The number of aromatic amines is 2. The Morgan fingerprint density at radius 1 is 1.21 bits per heavy atom. The molecule has 7 heteroatoms. The second-order valence-electron chi connectivity index (χ2n) is 7.02. The Balaban J connectivity index is 1.44. The molecule has 4 heterocycles. The zero-order valence-corrected chi connectivity index (χ0v) is 15.1. The summed E-state index contributed by atoms with van der Waals surface area (Å²) in [6, 6.07) is 10.3. The van der Waals surface area contributed by atoms with E-state index in [1.807, 2.05) is 24.4 Å². The van der Waals surface area contributed by atoms with Crippen molar-refractivity contribution < 1.29 is 4.39 Å². The SMILES string of the molecule is O=c1[nH]c(-c2ccccn2)nc2c1CCN(Cc1c[nH]c3cc(F)ccc13)C2. The van der Waals surface area contributed by atoms with E-state index in [2.05, 4.69) is 24.8 Å². The first-order chi connectivity index (χ1) is 13.7. The summed E-state index contributed by atoms with van der Waals surface area (Å²) in [6.45, 7) is 2.07. The van der Waals surface area contributed by atoms with Crippen LogP contribution in [0.2, 0.25) is 0 Å². The predicted octanol–water partition coefficient (Wildman–Crippen LogP) is 3.01. The molecule has 4 aromatic rings. The lowest BCUT2D eigenvalue weighted by molar-refractivity contribution is 0.241. The third-order valence-electron chi connectivity index (χ3n) is 5.18. The molecule has 0 amide bonds. The van der Waals surface area contributed by atoms with Gasteiger partial charge in [-0.1, -0.05) is 6.07 Å². The summed E-state index contributed by atoms with van der Waals surface area (Å²) in [7, 11) is 0. The fraction of sp³-hybridized carbons (Fsp3) is 0.190. The fourth-order valence-electron chi connectivity index (χ4n) is 3.78. The van der Waals surface area contributed by atoms with E-state index in [1.54, 1.807) is 12.3 Å². The maximum absolute atomic E-state index is 13.4. The van der Waals surface area contributed by atoms with Gasteiger partial charge in [-0.05, 0) is 42.3 Å². The molecule has 28 heavy (non-hydrogen) atoms. The van der Waals surface area contributed by atoms with Gasteiger partial charge in [-0.3, -0.25) is 14.7 Å². The molecule has 0 radical (unpaired) electrons. The van der Waals surface area contributed by atoms with Gasteiger partial charge in [0.2, 0.25) is 0 Å². The van der Waals surface area contributed by atoms with Crippen LogP contribution in [0.3, 0.4) is 0 Å². The maximum atomic E-state index is 13.4. The van der Waals surface area contributed by atoms with Gasteiger partial charge in [0.05, 0.1) is 5.69 Å². The van der Waals surface area contributed by atoms with E-state index in [4.69, 9.17) is 0 Å². The van der Waals surface area contributed by atoms with Crippen LogP contribution in [0.5, 0.6) is 0 Å². The van der Waals surface area contributed by atoms with Gasteiger partial charge in [-0.2, -0.15) is 0 Å². The van der Waals surface area contributed by atoms with Crippen molar-refractivity contribution in [1.82, 2.24) is 24.8 Å². The smallest absolute Gasteiger partial charge is 0.254 e. The van der Waals surface area contributed by atoms with Crippen molar-refractivity contribution in [1.29, 1.82) is 0 Å². The van der Waals surface area contributed by atoms with Crippen molar-refractivity contribution in [3.63, 3.8) is 0 Å². The van der Waals surface area contributed by atoms with Gasteiger partial charge in [-0.25, -0.2) is 9.37 Å². The first-order valence-electron chi connectivity index (χ1n) is 9.19. The van der Waals surface area contributed by atoms with Gasteiger partial charge in [-0.15, -0.1) is 0 Å². The number of hydrogen-bond donors (Lipinski definition) is 2. The summed E-state index contributed by atoms with van der Waals surface area (Å²) < 4.78 is 13.4. The maximum Gasteiger partial charge on any atom is 0.254 e. The predicted molar refractivity (Wildman–Crippen MR) is 104 cm³/mol. The van der Waals surface area contributed by atoms with Gasteiger partial charge < -0.3 is 9.97 Å². The van der Waals surface area contributed by atoms with Crippen LogP contribution in [0, 0.1) is 5.82 Å². The summed E-state index contributed by atoms with van der Waals surface area (Å²) in [6.07, 6.45) is 4.25. The molecule has 1 aromatic carbocycles. The minimum absolute atomic E-state index is 0.0899. The molecule has 0 bridgehead atoms. The number of rotatable bonds is 3. The Kier molecular flexibility index (Phi) is 4.02. The van der Waals surface area contributed by atoms with Crippen LogP contribution >= 0.6 is 0 Å². The highest BCUT2D eigenvalue weighted by molar-refractivity contribution is 5.83. The van der Waals surface area contributed by atoms with Crippen LogP contribution in [-0.2, 0) is 19.5 Å². The van der Waals surface area contributed by atoms with Gasteiger partial charge in [0.15, 0.2) is 5.82 Å². The van der Waals surface area contributed by atoms with Crippen LogP contribution in [0.4, 0.5) is 4.39 Å². The van der Waals surface area contributed by atoms with Crippen molar-refractivity contribution in [2.75, 3.05) is 6.54 Å². The van der Waals surface area contributed by atoms with Crippen LogP contribution < -0.4 is 5.56 Å². The van der Waals surface area contributed by atoms with E-state index in [-0.39, 0.29) is 11.4 Å². The topological polar surface area (TPSA) is 77.7 Å². The second-order valence-corrected chi connectivity index (χ2v) is 7.02. The summed E-state index contributed by atoms with van der Waals surface area (Å²) in [5.74, 6) is 0.243. The monoisotopic (exact) mass is 375 g/mol. The van der Waals surface area contributed by atoms with Crippen molar-refractivity contribution in [2.45, 2.75) is 19.5 Å². The summed E-state index contributed by atoms with van der Waals surface area (Å²) in [4.78, 5) is 29.7.